The molecule has 4 N–H and O–H groups in total. The summed E-state index contributed by atoms with van der Waals surface area (Å²) < 4.78 is 18.7. The van der Waals surface area contributed by atoms with E-state index in [0.717, 1.165) is 0 Å². The van der Waals surface area contributed by atoms with Crippen LogP contribution in [0.2, 0.25) is 0 Å². The van der Waals surface area contributed by atoms with Gasteiger partial charge in [-0.2, -0.15) is 0 Å². The number of dihydropyridines is 1. The second-order valence-corrected chi connectivity index (χ2v) is 3.95. The molecule has 0 spiro atoms. The molecule has 2 rings (SSSR count). The molecule has 1 heterocycles. The monoisotopic (exact) mass is 263 g/mol. The lowest BCUT2D eigenvalue weighted by Crippen LogP contribution is -2.40. The molecule has 0 radical (unpaired) electrons. The predicted molar refractivity (Wildman–Crippen MR) is 69.7 cm³/mol. The minimum Gasteiger partial charge on any atom is -0.457 e. The third-order valence-corrected chi connectivity index (χ3v) is 2.59. The van der Waals surface area contributed by atoms with E-state index >= 15 is 0 Å². The Morgan fingerprint density at radius 2 is 2.32 bits per heavy atom. The number of hydrogen-bond acceptors (Lipinski definition) is 4. The molecule has 0 saturated heterocycles. The van der Waals surface area contributed by atoms with Crippen LogP contribution in [0.3, 0.4) is 0 Å². The third-order valence-electron chi connectivity index (χ3n) is 2.59. The fraction of sp³-hybridized carbons (Fsp3) is 0.154. The van der Waals surface area contributed by atoms with E-state index in [1.807, 2.05) is 0 Å². The van der Waals surface area contributed by atoms with Crippen molar-refractivity contribution in [3.05, 3.63) is 48.1 Å². The first-order chi connectivity index (χ1) is 9.10. The minimum absolute atomic E-state index is 0.0606. The normalized spacial score (nSPS) is 17.4. The number of amides is 1. The highest BCUT2D eigenvalue weighted by molar-refractivity contribution is 5.84. The number of anilines is 1. The molecule has 1 atom stereocenters. The highest BCUT2D eigenvalue weighted by Crippen LogP contribution is 2.21. The van der Waals surface area contributed by atoms with Crippen molar-refractivity contribution >= 4 is 11.6 Å². The molecule has 1 aliphatic heterocycles. The van der Waals surface area contributed by atoms with Crippen LogP contribution in [0.25, 0.3) is 0 Å². The standard InChI is InChI=1S/C13H14FN3O2/c1-16-13(18)12-7-9(4-5-17-12)19-8-2-3-11(15)10(14)6-8/h2-7,12,17H,15H2,1H3,(H,16,18). The average molecular weight is 263 g/mol. The maximum Gasteiger partial charge on any atom is 0.246 e. The number of likely N-dealkylation sites (N-methyl/N-ethyl adjacent to an activating group) is 1. The zero-order valence-corrected chi connectivity index (χ0v) is 10.3. The van der Waals surface area contributed by atoms with Gasteiger partial charge >= 0.3 is 0 Å². The van der Waals surface area contributed by atoms with Crippen molar-refractivity contribution in [2.75, 3.05) is 12.8 Å². The SMILES string of the molecule is CNC(=O)C1C=C(Oc2ccc(N)c(F)c2)C=CN1. The largest absolute Gasteiger partial charge is 0.457 e. The highest BCUT2D eigenvalue weighted by Gasteiger charge is 2.16. The lowest BCUT2D eigenvalue weighted by atomic mass is 10.2. The summed E-state index contributed by atoms with van der Waals surface area (Å²) in [4.78, 5) is 11.5. The van der Waals surface area contributed by atoms with Crippen LogP contribution in [0, 0.1) is 5.82 Å². The molecule has 1 aromatic carbocycles. The van der Waals surface area contributed by atoms with E-state index in [9.17, 15) is 9.18 Å². The van der Waals surface area contributed by atoms with Gasteiger partial charge in [0.15, 0.2) is 0 Å². The fourth-order valence-electron chi connectivity index (χ4n) is 1.58. The molecule has 19 heavy (non-hydrogen) atoms. The number of halogens is 1. The van der Waals surface area contributed by atoms with Gasteiger partial charge in [0.1, 0.15) is 23.4 Å². The van der Waals surface area contributed by atoms with Crippen molar-refractivity contribution in [3.63, 3.8) is 0 Å². The molecule has 5 nitrogen and oxygen atoms in total. The Morgan fingerprint density at radius 3 is 3.00 bits per heavy atom. The molecule has 1 amide bonds. The number of hydrogen-bond donors (Lipinski definition) is 3. The smallest absolute Gasteiger partial charge is 0.246 e. The maximum absolute atomic E-state index is 13.3. The Hall–Kier alpha value is -2.50. The first-order valence-electron chi connectivity index (χ1n) is 5.69. The van der Waals surface area contributed by atoms with E-state index in [2.05, 4.69) is 10.6 Å². The van der Waals surface area contributed by atoms with Crippen molar-refractivity contribution < 1.29 is 13.9 Å². The molecule has 0 fully saturated rings. The van der Waals surface area contributed by atoms with Gasteiger partial charge in [0.25, 0.3) is 0 Å². The molecule has 1 aromatic rings. The van der Waals surface area contributed by atoms with Gasteiger partial charge in [-0.3, -0.25) is 4.79 Å². The van der Waals surface area contributed by atoms with Gasteiger partial charge in [-0.1, -0.05) is 0 Å². The first kappa shape index (κ1) is 12.9. The van der Waals surface area contributed by atoms with Crippen molar-refractivity contribution in [2.24, 2.45) is 0 Å². The Balaban J connectivity index is 2.13. The molecule has 0 aromatic heterocycles. The summed E-state index contributed by atoms with van der Waals surface area (Å²) in [6, 6.07) is 3.67. The Bertz CT molecular complexity index is 555. The average Bonchev–Trinajstić information content (AvgIpc) is 2.42. The van der Waals surface area contributed by atoms with Crippen molar-refractivity contribution in [2.45, 2.75) is 6.04 Å². The van der Waals surface area contributed by atoms with Crippen LogP contribution in [-0.2, 0) is 4.79 Å². The Labute approximate surface area is 109 Å². The number of ether oxygens (including phenoxy) is 1. The Morgan fingerprint density at radius 1 is 1.53 bits per heavy atom. The number of nitrogens with one attached hydrogen (secondary N) is 2. The zero-order valence-electron chi connectivity index (χ0n) is 10.3. The van der Waals surface area contributed by atoms with Gasteiger partial charge < -0.3 is 21.1 Å². The zero-order chi connectivity index (χ0) is 13.8. The van der Waals surface area contributed by atoms with Crippen molar-refractivity contribution in [1.82, 2.24) is 10.6 Å². The predicted octanol–water partition coefficient (Wildman–Crippen LogP) is 0.902. The molecule has 0 aliphatic carbocycles. The van der Waals surface area contributed by atoms with Crippen LogP contribution in [0.15, 0.2) is 42.3 Å². The van der Waals surface area contributed by atoms with Gasteiger partial charge in [0.2, 0.25) is 5.91 Å². The number of allylic oxidation sites excluding steroid dienone is 1. The van der Waals surface area contributed by atoms with E-state index in [0.29, 0.717) is 11.5 Å². The second-order valence-electron chi connectivity index (χ2n) is 3.95. The van der Waals surface area contributed by atoms with E-state index in [-0.39, 0.29) is 11.6 Å². The number of benzene rings is 1. The van der Waals surface area contributed by atoms with Crippen molar-refractivity contribution in [3.8, 4) is 5.75 Å². The van der Waals surface area contributed by atoms with Crippen LogP contribution >= 0.6 is 0 Å². The first-order valence-corrected chi connectivity index (χ1v) is 5.69. The van der Waals surface area contributed by atoms with Crippen LogP contribution in [0.4, 0.5) is 10.1 Å². The van der Waals surface area contributed by atoms with Crippen LogP contribution in [0.1, 0.15) is 0 Å². The summed E-state index contributed by atoms with van der Waals surface area (Å²) >= 11 is 0. The van der Waals surface area contributed by atoms with E-state index in [1.54, 1.807) is 31.5 Å². The molecule has 100 valence electrons. The summed E-state index contributed by atoms with van der Waals surface area (Å²) in [7, 11) is 1.55. The summed E-state index contributed by atoms with van der Waals surface area (Å²) in [5, 5.41) is 5.39. The summed E-state index contributed by atoms with van der Waals surface area (Å²) in [5.74, 6) is 0.0458. The molecule has 6 heteroatoms. The lowest BCUT2D eigenvalue weighted by Gasteiger charge is -2.17. The Kier molecular flexibility index (Phi) is 3.70. The molecule has 1 aliphatic rings. The van der Waals surface area contributed by atoms with Crippen LogP contribution in [-0.4, -0.2) is 19.0 Å². The number of carbonyl (C=O) groups is 1. The number of nitrogen functional groups attached to an aromatic ring is 1. The summed E-state index contributed by atoms with van der Waals surface area (Å²) in [6.07, 6.45) is 4.85. The van der Waals surface area contributed by atoms with E-state index in [1.165, 1.54) is 12.1 Å². The quantitative estimate of drug-likeness (QED) is 0.708. The van der Waals surface area contributed by atoms with Gasteiger partial charge in [0.05, 0.1) is 5.69 Å². The number of rotatable bonds is 3. The minimum atomic E-state index is -0.543. The highest BCUT2D eigenvalue weighted by atomic mass is 19.1. The number of nitrogens with two attached hydrogens (primary N) is 1. The second kappa shape index (κ2) is 5.43. The van der Waals surface area contributed by atoms with E-state index < -0.39 is 11.9 Å². The fourth-order valence-corrected chi connectivity index (χ4v) is 1.58. The van der Waals surface area contributed by atoms with Crippen LogP contribution < -0.4 is 21.1 Å². The lowest BCUT2D eigenvalue weighted by molar-refractivity contribution is -0.121. The van der Waals surface area contributed by atoms with Crippen molar-refractivity contribution in [1.29, 1.82) is 0 Å². The maximum atomic E-state index is 13.3. The topological polar surface area (TPSA) is 76.4 Å². The van der Waals surface area contributed by atoms with Gasteiger partial charge in [-0.25, -0.2) is 4.39 Å². The molecule has 1 unspecified atom stereocenters. The molecular formula is C13H14FN3O2. The van der Waals surface area contributed by atoms with Gasteiger partial charge in [-0.15, -0.1) is 0 Å². The molecular weight excluding hydrogens is 249 g/mol. The van der Waals surface area contributed by atoms with Gasteiger partial charge in [-0.05, 0) is 24.3 Å². The van der Waals surface area contributed by atoms with Gasteiger partial charge in [0, 0.05) is 19.3 Å². The number of carbonyl (C=O) groups excluding carboxylic acids is 1. The summed E-state index contributed by atoms with van der Waals surface area (Å²) in [5.41, 5.74) is 5.44. The molecule has 0 saturated carbocycles. The van der Waals surface area contributed by atoms with E-state index in [4.69, 9.17) is 10.5 Å². The van der Waals surface area contributed by atoms with Crippen LogP contribution in [0.5, 0.6) is 5.75 Å². The summed E-state index contributed by atoms with van der Waals surface area (Å²) in [6.45, 7) is 0. The third kappa shape index (κ3) is 3.04. The molecule has 0 bridgehead atoms.